The highest BCUT2D eigenvalue weighted by molar-refractivity contribution is 7.84. The van der Waals surface area contributed by atoms with E-state index in [0.717, 1.165) is 68.6 Å². The molecule has 0 spiro atoms. The molecule has 1 aliphatic rings. The van der Waals surface area contributed by atoms with Gasteiger partial charge >= 0.3 is 16.3 Å². The first-order chi connectivity index (χ1) is 28.6. The van der Waals surface area contributed by atoms with Crippen LogP contribution in [0.15, 0.2) is 103 Å². The van der Waals surface area contributed by atoms with E-state index < -0.39 is 10.3 Å². The van der Waals surface area contributed by atoms with Crippen molar-refractivity contribution in [2.75, 3.05) is 20.3 Å². The number of aryl methyl sites for hydroxylation is 3. The van der Waals surface area contributed by atoms with Crippen molar-refractivity contribution < 1.29 is 36.3 Å². The normalized spacial score (nSPS) is 14.0. The third-order valence-corrected chi connectivity index (χ3v) is 11.7. The van der Waals surface area contributed by atoms with Crippen LogP contribution < -0.4 is 13.7 Å². The molecule has 0 radical (unpaired) electrons. The average Bonchev–Trinajstić information content (AvgIpc) is 3.65. The van der Waals surface area contributed by atoms with Crippen molar-refractivity contribution in [2.45, 2.75) is 78.8 Å². The second-order valence-corrected chi connectivity index (χ2v) is 16.3. The molecule has 13 heteroatoms. The predicted octanol–water partition coefficient (Wildman–Crippen LogP) is 8.36. The molecule has 0 amide bonds. The molecule has 0 saturated carbocycles. The number of methoxy groups -OCH3 is 1. The highest BCUT2D eigenvalue weighted by Crippen LogP contribution is 2.37. The fourth-order valence-corrected chi connectivity index (χ4v) is 8.55. The van der Waals surface area contributed by atoms with Crippen molar-refractivity contribution in [3.63, 3.8) is 0 Å². The standard InChI is InChI=1S/C46H50N4O8S/c1-5-56-45(51)27-42(41-18-19-43-46(33(41)3)47-48-50(43)21-9-10-22-55-30-35-13-15-39(54-4)16-14-35)37-24-32(2)23-36(25-37)28-49-29-38-26-40(17-20-44(38)58-59(49,52)53)57-31-34-11-7-6-8-12-34/h6-8,11-20,23-26,42H,5,9-10,21-22,27-31H2,1-4H3. The van der Waals surface area contributed by atoms with Gasteiger partial charge in [0.05, 0.1) is 32.3 Å². The number of carbonyl (C=O) groups excluding carboxylic acids is 1. The maximum Gasteiger partial charge on any atom is 0.385 e. The van der Waals surface area contributed by atoms with E-state index in [2.05, 4.69) is 10.3 Å². The first-order valence-electron chi connectivity index (χ1n) is 19.9. The Morgan fingerprint density at radius 3 is 2.42 bits per heavy atom. The number of rotatable bonds is 18. The van der Waals surface area contributed by atoms with Crippen molar-refractivity contribution in [3.8, 4) is 17.2 Å². The summed E-state index contributed by atoms with van der Waals surface area (Å²) in [5.41, 5.74) is 8.90. The van der Waals surface area contributed by atoms with Crippen LogP contribution in [0.3, 0.4) is 0 Å². The Bertz CT molecular complexity index is 2490. The third kappa shape index (κ3) is 10.3. The van der Waals surface area contributed by atoms with Crippen LogP contribution in [0.1, 0.15) is 76.6 Å². The summed E-state index contributed by atoms with van der Waals surface area (Å²) in [4.78, 5) is 13.1. The van der Waals surface area contributed by atoms with E-state index >= 15 is 0 Å². The number of carbonyl (C=O) groups is 1. The molecule has 0 N–H and O–H groups in total. The monoisotopic (exact) mass is 818 g/mol. The van der Waals surface area contributed by atoms with E-state index in [1.165, 1.54) is 4.31 Å². The molecule has 5 aromatic carbocycles. The number of nitrogens with zero attached hydrogens (tertiary/aromatic N) is 4. The zero-order valence-corrected chi connectivity index (χ0v) is 34.7. The number of hydrogen-bond acceptors (Lipinski definition) is 10. The fraction of sp³-hybridized carbons (Fsp3) is 0.326. The maximum atomic E-state index is 13.4. The molecular weight excluding hydrogens is 769 g/mol. The van der Waals surface area contributed by atoms with Crippen LogP contribution in [0.5, 0.6) is 17.2 Å². The number of hydrogen-bond donors (Lipinski definition) is 0. The molecule has 1 unspecified atom stereocenters. The van der Waals surface area contributed by atoms with Gasteiger partial charge in [0.2, 0.25) is 0 Å². The van der Waals surface area contributed by atoms with Gasteiger partial charge in [-0.2, -0.15) is 12.7 Å². The summed E-state index contributed by atoms with van der Waals surface area (Å²) in [6.07, 6.45) is 1.83. The van der Waals surface area contributed by atoms with E-state index in [9.17, 15) is 13.2 Å². The molecule has 1 aliphatic heterocycles. The summed E-state index contributed by atoms with van der Waals surface area (Å²) in [5.74, 6) is 1.01. The summed E-state index contributed by atoms with van der Waals surface area (Å²) < 4.78 is 58.2. The lowest BCUT2D eigenvalue weighted by Gasteiger charge is -2.28. The lowest BCUT2D eigenvalue weighted by molar-refractivity contribution is -0.143. The molecule has 1 aromatic heterocycles. The zero-order valence-electron chi connectivity index (χ0n) is 33.9. The van der Waals surface area contributed by atoms with Gasteiger partial charge in [-0.3, -0.25) is 4.79 Å². The molecule has 308 valence electrons. The highest BCUT2D eigenvalue weighted by Gasteiger charge is 2.32. The zero-order chi connectivity index (χ0) is 41.4. The SMILES string of the molecule is CCOC(=O)CC(c1cc(C)cc(CN2Cc3cc(OCc4ccccc4)ccc3OS2(=O)=O)c1)c1ccc2c(nnn2CCCCOCc2ccc(OC)cc2)c1C. The number of aromatic nitrogens is 3. The van der Waals surface area contributed by atoms with Gasteiger partial charge in [-0.25, -0.2) is 4.68 Å². The Hall–Kier alpha value is -5.76. The van der Waals surface area contributed by atoms with Crippen molar-refractivity contribution in [2.24, 2.45) is 0 Å². The van der Waals surface area contributed by atoms with Crippen LogP contribution in [0.25, 0.3) is 11.0 Å². The average molecular weight is 819 g/mol. The summed E-state index contributed by atoms with van der Waals surface area (Å²) >= 11 is 0. The van der Waals surface area contributed by atoms with E-state index in [-0.39, 0.29) is 43.8 Å². The summed E-state index contributed by atoms with van der Waals surface area (Å²) in [6.45, 7) is 8.44. The van der Waals surface area contributed by atoms with Crippen molar-refractivity contribution in [1.82, 2.24) is 19.3 Å². The molecular formula is C46H50N4O8S. The highest BCUT2D eigenvalue weighted by atomic mass is 32.2. The second-order valence-electron chi connectivity index (χ2n) is 14.7. The molecule has 1 atom stereocenters. The minimum Gasteiger partial charge on any atom is -0.497 e. The van der Waals surface area contributed by atoms with Gasteiger partial charge in [0.25, 0.3) is 0 Å². The maximum absolute atomic E-state index is 13.4. The summed E-state index contributed by atoms with van der Waals surface area (Å²) in [7, 11) is -2.44. The fourth-order valence-electron chi connectivity index (χ4n) is 7.45. The van der Waals surface area contributed by atoms with E-state index in [4.69, 9.17) is 23.1 Å². The minimum atomic E-state index is -4.09. The summed E-state index contributed by atoms with van der Waals surface area (Å²) in [5, 5.41) is 9.07. The van der Waals surface area contributed by atoms with Gasteiger partial charge in [-0.05, 0) is 103 Å². The lowest BCUT2D eigenvalue weighted by atomic mass is 9.84. The largest absolute Gasteiger partial charge is 0.497 e. The van der Waals surface area contributed by atoms with Crippen LogP contribution >= 0.6 is 0 Å². The van der Waals surface area contributed by atoms with Crippen molar-refractivity contribution >= 4 is 27.3 Å². The first-order valence-corrected chi connectivity index (χ1v) is 21.3. The minimum absolute atomic E-state index is 0.0660. The van der Waals surface area contributed by atoms with Gasteiger partial charge in [0.15, 0.2) is 0 Å². The molecule has 7 rings (SSSR count). The molecule has 6 aromatic rings. The van der Waals surface area contributed by atoms with E-state index in [1.54, 1.807) is 26.2 Å². The van der Waals surface area contributed by atoms with Gasteiger partial charge in [-0.15, -0.1) is 5.10 Å². The van der Waals surface area contributed by atoms with Crippen molar-refractivity contribution in [1.29, 1.82) is 0 Å². The Balaban J connectivity index is 1.06. The van der Waals surface area contributed by atoms with Gasteiger partial charge in [0, 0.05) is 37.7 Å². The van der Waals surface area contributed by atoms with Gasteiger partial charge < -0.3 is 23.1 Å². The molecule has 0 fully saturated rings. The Labute approximate surface area is 345 Å². The van der Waals surface area contributed by atoms with Crippen LogP contribution in [-0.2, 0) is 57.4 Å². The quantitative estimate of drug-likeness (QED) is 0.0616. The Morgan fingerprint density at radius 1 is 0.864 bits per heavy atom. The predicted molar refractivity (Wildman–Crippen MR) is 224 cm³/mol. The number of benzene rings is 5. The Morgan fingerprint density at radius 2 is 1.64 bits per heavy atom. The van der Waals surface area contributed by atoms with Gasteiger partial charge in [0.1, 0.15) is 29.4 Å². The number of ether oxygens (including phenoxy) is 4. The van der Waals surface area contributed by atoms with Crippen LogP contribution in [0.4, 0.5) is 0 Å². The van der Waals surface area contributed by atoms with Crippen LogP contribution in [-0.4, -0.2) is 54.0 Å². The smallest absolute Gasteiger partial charge is 0.385 e. The second kappa shape index (κ2) is 18.9. The number of fused-ring (bicyclic) bond motifs is 2. The topological polar surface area (TPSA) is 131 Å². The molecule has 0 aliphatic carbocycles. The van der Waals surface area contributed by atoms with Crippen molar-refractivity contribution in [3.05, 3.63) is 148 Å². The van der Waals surface area contributed by atoms with E-state index in [1.807, 2.05) is 110 Å². The summed E-state index contributed by atoms with van der Waals surface area (Å²) in [6, 6.07) is 32.9. The van der Waals surface area contributed by atoms with E-state index in [0.29, 0.717) is 37.7 Å². The molecule has 0 bridgehead atoms. The number of esters is 1. The molecule has 59 heavy (non-hydrogen) atoms. The van der Waals surface area contributed by atoms with Crippen LogP contribution in [0, 0.1) is 13.8 Å². The first kappa shape index (κ1) is 41.4. The van der Waals surface area contributed by atoms with Gasteiger partial charge in [-0.1, -0.05) is 77.5 Å². The molecule has 12 nitrogen and oxygen atoms in total. The lowest BCUT2D eigenvalue weighted by Crippen LogP contribution is -2.37. The van der Waals surface area contributed by atoms with Crippen LogP contribution in [0.2, 0.25) is 0 Å². The molecule has 0 saturated heterocycles. The Kier molecular flexibility index (Phi) is 13.2. The third-order valence-electron chi connectivity index (χ3n) is 10.4. The molecule has 2 heterocycles. The number of unbranched alkanes of at least 4 members (excludes halogenated alkanes) is 1.